The van der Waals surface area contributed by atoms with E-state index in [2.05, 4.69) is 4.74 Å². The summed E-state index contributed by atoms with van der Waals surface area (Å²) in [5.41, 5.74) is 0. The summed E-state index contributed by atoms with van der Waals surface area (Å²) in [6, 6.07) is 4.41. The Bertz CT molecular complexity index is 631. The molecule has 0 spiro atoms. The van der Waals surface area contributed by atoms with Gasteiger partial charge < -0.3 is 14.4 Å². The summed E-state index contributed by atoms with van der Waals surface area (Å²) in [6.45, 7) is 2.22. The molecule has 21 heavy (non-hydrogen) atoms. The minimum Gasteiger partial charge on any atom is -0.624 e. The number of hydrogen-bond acceptors (Lipinski definition) is 4. The quantitative estimate of drug-likeness (QED) is 0.358. The molecular formula is C13H12F3NO3S. The molecule has 0 bridgehead atoms. The van der Waals surface area contributed by atoms with Gasteiger partial charge in [-0.1, -0.05) is 6.92 Å². The third-order valence-corrected chi connectivity index (χ3v) is 3.32. The van der Waals surface area contributed by atoms with Crippen LogP contribution in [0.3, 0.4) is 0 Å². The molecule has 0 unspecified atom stereocenters. The fraction of sp³-hybridized carbons (Fsp3) is 0.308. The van der Waals surface area contributed by atoms with Crippen molar-refractivity contribution in [1.82, 2.24) is 0 Å². The van der Waals surface area contributed by atoms with E-state index < -0.39 is 6.36 Å². The van der Waals surface area contributed by atoms with Crippen LogP contribution in [0.25, 0.3) is 10.6 Å². The zero-order valence-corrected chi connectivity index (χ0v) is 11.8. The topological polar surface area (TPSA) is 48.4 Å². The van der Waals surface area contributed by atoms with Crippen LogP contribution in [0.5, 0.6) is 5.75 Å². The number of alkyl halides is 3. The maximum atomic E-state index is 12.1. The Morgan fingerprint density at radius 1 is 1.43 bits per heavy atom. The van der Waals surface area contributed by atoms with Crippen LogP contribution >= 0.6 is 11.3 Å². The predicted octanol–water partition coefficient (Wildman–Crippen LogP) is 4.25. The first-order valence-corrected chi connectivity index (χ1v) is 6.98. The van der Waals surface area contributed by atoms with Gasteiger partial charge >= 0.3 is 6.36 Å². The highest BCUT2D eigenvalue weighted by Crippen LogP contribution is 2.34. The van der Waals surface area contributed by atoms with E-state index in [4.69, 9.17) is 4.42 Å². The number of hydrogen-bond donors (Lipinski definition) is 0. The maximum Gasteiger partial charge on any atom is 0.573 e. The third kappa shape index (κ3) is 4.52. The summed E-state index contributed by atoms with van der Waals surface area (Å²) < 4.78 is 46.2. The second-order valence-electron chi connectivity index (χ2n) is 4.17. The van der Waals surface area contributed by atoms with Crippen molar-refractivity contribution in [1.29, 1.82) is 0 Å². The van der Waals surface area contributed by atoms with Gasteiger partial charge in [0.2, 0.25) is 6.21 Å². The van der Waals surface area contributed by atoms with Crippen molar-refractivity contribution < 1.29 is 27.1 Å². The van der Waals surface area contributed by atoms with Gasteiger partial charge in [0, 0.05) is 17.9 Å². The van der Waals surface area contributed by atoms with Gasteiger partial charge in [-0.15, -0.1) is 24.5 Å². The maximum absolute atomic E-state index is 12.1. The Morgan fingerprint density at radius 2 is 2.19 bits per heavy atom. The largest absolute Gasteiger partial charge is 0.624 e. The zero-order chi connectivity index (χ0) is 15.5. The molecule has 2 aromatic rings. The fourth-order valence-corrected chi connectivity index (χ4v) is 2.39. The normalized spacial score (nSPS) is 12.7. The minimum atomic E-state index is -4.72. The fourth-order valence-electron chi connectivity index (χ4n) is 1.62. The molecule has 0 aromatic carbocycles. The molecule has 0 saturated carbocycles. The summed E-state index contributed by atoms with van der Waals surface area (Å²) in [5.74, 6) is 0.439. The number of rotatable bonds is 5. The van der Waals surface area contributed by atoms with Gasteiger partial charge in [0.1, 0.15) is 11.5 Å². The lowest BCUT2D eigenvalue weighted by molar-refractivity contribution is -0.452. The smallest absolute Gasteiger partial charge is 0.573 e. The van der Waals surface area contributed by atoms with Crippen LogP contribution in [0.4, 0.5) is 13.2 Å². The molecule has 114 valence electrons. The highest BCUT2D eigenvalue weighted by Gasteiger charge is 2.31. The molecule has 0 aliphatic carbocycles. The average Bonchev–Trinajstić information content (AvgIpc) is 2.96. The highest BCUT2D eigenvalue weighted by atomic mass is 32.1. The number of halogens is 3. The highest BCUT2D eigenvalue weighted by molar-refractivity contribution is 7.13. The summed E-state index contributed by atoms with van der Waals surface area (Å²) in [7, 11) is 0. The number of hydroxylamine groups is 1. The monoisotopic (exact) mass is 319 g/mol. The molecule has 2 rings (SSSR count). The van der Waals surface area contributed by atoms with Crippen molar-refractivity contribution in [3.8, 4) is 16.4 Å². The molecule has 8 heteroatoms. The second-order valence-corrected chi connectivity index (χ2v) is 5.08. The predicted molar refractivity (Wildman–Crippen MR) is 72.7 cm³/mol. The summed E-state index contributed by atoms with van der Waals surface area (Å²) in [6.07, 6.45) is -2.71. The molecule has 4 nitrogen and oxygen atoms in total. The Kier molecular flexibility index (Phi) is 4.56. The lowest BCUT2D eigenvalue weighted by Gasteiger charge is -2.05. The van der Waals surface area contributed by atoms with E-state index >= 15 is 0 Å². The molecule has 0 radical (unpaired) electrons. The standard InChI is InChI=1S/C13H12F3NO3S/c1-2-5-17(18)7-9-3-4-11(19-9)12-6-10(8-21-12)20-13(14,15)16/h3-4,6-8H,2,5H2,1H3. The molecule has 0 atom stereocenters. The minimum absolute atomic E-state index is 0.291. The van der Waals surface area contributed by atoms with Gasteiger partial charge in [-0.25, -0.2) is 4.74 Å². The van der Waals surface area contributed by atoms with Crippen LogP contribution in [0.2, 0.25) is 0 Å². The summed E-state index contributed by atoms with van der Waals surface area (Å²) >= 11 is 1.06. The first-order valence-electron chi connectivity index (χ1n) is 6.10. The lowest BCUT2D eigenvalue weighted by Crippen LogP contribution is -2.16. The molecule has 2 heterocycles. The molecule has 0 aliphatic heterocycles. The number of thiophene rings is 1. The third-order valence-electron chi connectivity index (χ3n) is 2.39. The molecule has 2 aromatic heterocycles. The van der Waals surface area contributed by atoms with Crippen LogP contribution in [0, 0.1) is 5.21 Å². The first kappa shape index (κ1) is 15.4. The van der Waals surface area contributed by atoms with Gasteiger partial charge in [0.15, 0.2) is 12.3 Å². The van der Waals surface area contributed by atoms with E-state index in [1.54, 1.807) is 12.1 Å². The van der Waals surface area contributed by atoms with Crippen LogP contribution < -0.4 is 4.74 Å². The van der Waals surface area contributed by atoms with E-state index in [1.165, 1.54) is 17.7 Å². The average molecular weight is 319 g/mol. The molecular weight excluding hydrogens is 307 g/mol. The SMILES string of the molecule is CCC[N+]([O-])=Cc1ccc(-c2cc(OC(F)(F)F)cs2)o1. The van der Waals surface area contributed by atoms with Gasteiger partial charge in [0.25, 0.3) is 0 Å². The van der Waals surface area contributed by atoms with Gasteiger partial charge in [0.05, 0.1) is 4.88 Å². The number of furan rings is 1. The van der Waals surface area contributed by atoms with Crippen molar-refractivity contribution in [2.75, 3.05) is 6.54 Å². The Morgan fingerprint density at radius 3 is 2.86 bits per heavy atom. The van der Waals surface area contributed by atoms with Gasteiger partial charge in [-0.2, -0.15) is 0 Å². The van der Waals surface area contributed by atoms with Crippen molar-refractivity contribution in [2.24, 2.45) is 0 Å². The molecule has 0 amide bonds. The Balaban J connectivity index is 2.13. The van der Waals surface area contributed by atoms with E-state index in [0.717, 1.165) is 16.1 Å². The van der Waals surface area contributed by atoms with E-state index in [0.29, 0.717) is 29.4 Å². The van der Waals surface area contributed by atoms with E-state index in [1.807, 2.05) is 6.92 Å². The second kappa shape index (κ2) is 6.21. The first-order chi connectivity index (χ1) is 9.87. The van der Waals surface area contributed by atoms with Crippen LogP contribution in [0.15, 0.2) is 28.0 Å². The van der Waals surface area contributed by atoms with Crippen LogP contribution in [0.1, 0.15) is 19.1 Å². The van der Waals surface area contributed by atoms with Crippen molar-refractivity contribution in [3.05, 3.63) is 34.5 Å². The lowest BCUT2D eigenvalue weighted by atomic mass is 10.3. The Hall–Kier alpha value is -1.96. The van der Waals surface area contributed by atoms with Crippen molar-refractivity contribution >= 4 is 17.6 Å². The number of ether oxygens (including phenoxy) is 1. The molecule has 0 N–H and O–H groups in total. The van der Waals surface area contributed by atoms with Crippen LogP contribution in [-0.4, -0.2) is 23.9 Å². The molecule has 0 aliphatic rings. The van der Waals surface area contributed by atoms with Crippen molar-refractivity contribution in [2.45, 2.75) is 19.7 Å². The van der Waals surface area contributed by atoms with Gasteiger partial charge in [-0.3, -0.25) is 0 Å². The van der Waals surface area contributed by atoms with Crippen LogP contribution in [-0.2, 0) is 0 Å². The van der Waals surface area contributed by atoms with Gasteiger partial charge in [-0.05, 0) is 12.1 Å². The van der Waals surface area contributed by atoms with Crippen molar-refractivity contribution in [3.63, 3.8) is 0 Å². The Labute approximate surface area is 122 Å². The van der Waals surface area contributed by atoms with E-state index in [-0.39, 0.29) is 5.75 Å². The number of nitrogens with zero attached hydrogens (tertiary/aromatic N) is 1. The molecule has 0 fully saturated rings. The summed E-state index contributed by atoms with van der Waals surface area (Å²) in [5, 5.41) is 12.6. The zero-order valence-electron chi connectivity index (χ0n) is 11.0. The van der Waals surface area contributed by atoms with E-state index in [9.17, 15) is 18.4 Å². The molecule has 0 saturated heterocycles. The summed E-state index contributed by atoms with van der Waals surface area (Å²) in [4.78, 5) is 0.488.